The topological polar surface area (TPSA) is 76.1 Å². The number of carbonyl (C=O) groups is 1. The van der Waals surface area contributed by atoms with E-state index in [-0.39, 0.29) is 17.8 Å². The lowest BCUT2D eigenvalue weighted by Crippen LogP contribution is -2.32. The third-order valence-electron chi connectivity index (χ3n) is 4.01. The van der Waals surface area contributed by atoms with Gasteiger partial charge < -0.3 is 10.5 Å². The maximum Gasteiger partial charge on any atom is 0.307 e. The van der Waals surface area contributed by atoms with Crippen LogP contribution in [0.15, 0.2) is 22.7 Å². The number of nitriles is 1. The highest BCUT2D eigenvalue weighted by molar-refractivity contribution is 9.10. The highest BCUT2D eigenvalue weighted by Gasteiger charge is 2.39. The van der Waals surface area contributed by atoms with Gasteiger partial charge in [-0.05, 0) is 49.4 Å². The van der Waals surface area contributed by atoms with Gasteiger partial charge in [0.2, 0.25) is 0 Å². The SMILES string of the molecule is CCOC(=O)C[C@H](N)c1cc(Br)cc(C2(C#N)CCC2)c1. The molecule has 2 rings (SSSR count). The molecule has 1 aromatic rings. The maximum atomic E-state index is 11.6. The Bertz CT molecular complexity index is 576. The summed E-state index contributed by atoms with van der Waals surface area (Å²) < 4.78 is 5.82. The molecular weight excluding hydrogens is 332 g/mol. The van der Waals surface area contributed by atoms with E-state index in [4.69, 9.17) is 10.5 Å². The lowest BCUT2D eigenvalue weighted by atomic mass is 9.65. The Labute approximate surface area is 133 Å². The van der Waals surface area contributed by atoms with Crippen LogP contribution in [0.2, 0.25) is 0 Å². The molecule has 0 heterocycles. The second kappa shape index (κ2) is 6.59. The molecule has 0 aromatic heterocycles. The molecule has 0 saturated heterocycles. The lowest BCUT2D eigenvalue weighted by molar-refractivity contribution is -0.143. The standard InChI is InChI=1S/C16H19BrN2O2/c1-2-21-15(20)9-14(19)11-6-12(8-13(17)7-11)16(10-18)4-3-5-16/h6-8,14H,2-5,9,19H2,1H3/t14-/m0/s1. The van der Waals surface area contributed by atoms with Crippen molar-refractivity contribution in [3.63, 3.8) is 0 Å². The zero-order chi connectivity index (χ0) is 15.5. The summed E-state index contributed by atoms with van der Waals surface area (Å²) >= 11 is 3.47. The van der Waals surface area contributed by atoms with Crippen molar-refractivity contribution in [1.29, 1.82) is 5.26 Å². The molecule has 0 aliphatic heterocycles. The van der Waals surface area contributed by atoms with Gasteiger partial charge in [-0.2, -0.15) is 5.26 Å². The van der Waals surface area contributed by atoms with Gasteiger partial charge in [0, 0.05) is 10.5 Å². The molecule has 0 bridgehead atoms. The third kappa shape index (κ3) is 3.45. The van der Waals surface area contributed by atoms with E-state index >= 15 is 0 Å². The van der Waals surface area contributed by atoms with Crippen molar-refractivity contribution < 1.29 is 9.53 Å². The molecule has 1 aliphatic carbocycles. The molecular formula is C16H19BrN2O2. The fourth-order valence-electron chi connectivity index (χ4n) is 2.62. The molecule has 112 valence electrons. The number of ether oxygens (including phenoxy) is 1. The molecule has 0 spiro atoms. The van der Waals surface area contributed by atoms with Crippen molar-refractivity contribution in [2.45, 2.75) is 44.1 Å². The van der Waals surface area contributed by atoms with Crippen LogP contribution >= 0.6 is 15.9 Å². The number of halogens is 1. The molecule has 21 heavy (non-hydrogen) atoms. The first-order valence-electron chi connectivity index (χ1n) is 7.14. The molecule has 1 aliphatic rings. The van der Waals surface area contributed by atoms with E-state index in [1.54, 1.807) is 6.92 Å². The van der Waals surface area contributed by atoms with Crippen LogP contribution in [0.3, 0.4) is 0 Å². The number of hydrogen-bond acceptors (Lipinski definition) is 4. The number of rotatable bonds is 5. The Balaban J connectivity index is 2.23. The smallest absolute Gasteiger partial charge is 0.307 e. The summed E-state index contributed by atoms with van der Waals surface area (Å²) in [7, 11) is 0. The van der Waals surface area contributed by atoms with E-state index < -0.39 is 6.04 Å². The summed E-state index contributed by atoms with van der Waals surface area (Å²) in [4.78, 5) is 11.6. The summed E-state index contributed by atoms with van der Waals surface area (Å²) in [6.07, 6.45) is 2.98. The van der Waals surface area contributed by atoms with Gasteiger partial charge in [0.05, 0.1) is 24.5 Å². The van der Waals surface area contributed by atoms with E-state index in [9.17, 15) is 10.1 Å². The van der Waals surface area contributed by atoms with Gasteiger partial charge in [0.1, 0.15) is 0 Å². The number of benzene rings is 1. The van der Waals surface area contributed by atoms with Crippen LogP contribution in [-0.4, -0.2) is 12.6 Å². The van der Waals surface area contributed by atoms with Crippen molar-refractivity contribution in [2.75, 3.05) is 6.61 Å². The molecule has 1 saturated carbocycles. The number of nitrogens with zero attached hydrogens (tertiary/aromatic N) is 1. The number of hydrogen-bond donors (Lipinski definition) is 1. The first-order chi connectivity index (χ1) is 10.0. The number of esters is 1. The minimum absolute atomic E-state index is 0.142. The minimum Gasteiger partial charge on any atom is -0.466 e. The predicted octanol–water partition coefficient (Wildman–Crippen LogP) is 3.35. The quantitative estimate of drug-likeness (QED) is 0.826. The summed E-state index contributed by atoms with van der Waals surface area (Å²) in [5.41, 5.74) is 7.56. The van der Waals surface area contributed by atoms with Crippen LogP contribution in [0, 0.1) is 11.3 Å². The highest BCUT2D eigenvalue weighted by atomic mass is 79.9. The molecule has 0 unspecified atom stereocenters. The Morgan fingerprint density at radius 2 is 2.24 bits per heavy atom. The average molecular weight is 351 g/mol. The summed E-state index contributed by atoms with van der Waals surface area (Å²) in [6.45, 7) is 2.13. The molecule has 2 N–H and O–H groups in total. The molecule has 4 nitrogen and oxygen atoms in total. The van der Waals surface area contributed by atoms with Crippen LogP contribution in [0.1, 0.15) is 49.8 Å². The van der Waals surface area contributed by atoms with Crippen LogP contribution in [0.5, 0.6) is 0 Å². The predicted molar refractivity (Wildman–Crippen MR) is 83.5 cm³/mol. The number of nitrogens with two attached hydrogens (primary N) is 1. The van der Waals surface area contributed by atoms with Crippen LogP contribution < -0.4 is 5.73 Å². The molecule has 0 amide bonds. The summed E-state index contributed by atoms with van der Waals surface area (Å²) in [5, 5.41) is 9.46. The van der Waals surface area contributed by atoms with Gasteiger partial charge in [-0.3, -0.25) is 4.79 Å². The maximum absolute atomic E-state index is 11.6. The van der Waals surface area contributed by atoms with Crippen LogP contribution in [0.4, 0.5) is 0 Å². The molecule has 0 radical (unpaired) electrons. The first kappa shape index (κ1) is 16.0. The zero-order valence-corrected chi connectivity index (χ0v) is 13.6. The number of carbonyl (C=O) groups excluding carboxylic acids is 1. The van der Waals surface area contributed by atoms with Gasteiger partial charge in [-0.25, -0.2) is 0 Å². The normalized spacial score (nSPS) is 17.4. The third-order valence-corrected chi connectivity index (χ3v) is 4.47. The molecule has 5 heteroatoms. The van der Waals surface area contributed by atoms with E-state index in [2.05, 4.69) is 22.0 Å². The van der Waals surface area contributed by atoms with Gasteiger partial charge in [-0.1, -0.05) is 22.0 Å². The molecule has 1 aromatic carbocycles. The van der Waals surface area contributed by atoms with E-state index in [0.717, 1.165) is 34.9 Å². The Morgan fingerprint density at radius 1 is 1.52 bits per heavy atom. The van der Waals surface area contributed by atoms with Gasteiger partial charge in [0.15, 0.2) is 0 Å². The highest BCUT2D eigenvalue weighted by Crippen LogP contribution is 2.44. The van der Waals surface area contributed by atoms with Gasteiger partial charge >= 0.3 is 5.97 Å². The lowest BCUT2D eigenvalue weighted by Gasteiger charge is -2.36. The monoisotopic (exact) mass is 350 g/mol. The van der Waals surface area contributed by atoms with E-state index in [1.165, 1.54) is 0 Å². The average Bonchev–Trinajstić information content (AvgIpc) is 2.37. The van der Waals surface area contributed by atoms with Crippen molar-refractivity contribution >= 4 is 21.9 Å². The molecule has 1 atom stereocenters. The van der Waals surface area contributed by atoms with Gasteiger partial charge in [0.25, 0.3) is 0 Å². The summed E-state index contributed by atoms with van der Waals surface area (Å²) in [6, 6.07) is 7.84. The van der Waals surface area contributed by atoms with Crippen molar-refractivity contribution in [1.82, 2.24) is 0 Å². The van der Waals surface area contributed by atoms with Crippen molar-refractivity contribution in [3.8, 4) is 6.07 Å². The fraction of sp³-hybridized carbons (Fsp3) is 0.500. The molecule has 1 fully saturated rings. The van der Waals surface area contributed by atoms with E-state index in [0.29, 0.717) is 6.61 Å². The Morgan fingerprint density at radius 3 is 2.76 bits per heavy atom. The van der Waals surface area contributed by atoms with Crippen molar-refractivity contribution in [2.24, 2.45) is 5.73 Å². The summed E-state index contributed by atoms with van der Waals surface area (Å²) in [5.74, 6) is -0.301. The van der Waals surface area contributed by atoms with Crippen molar-refractivity contribution in [3.05, 3.63) is 33.8 Å². The van der Waals surface area contributed by atoms with Gasteiger partial charge in [-0.15, -0.1) is 0 Å². The fourth-order valence-corrected chi connectivity index (χ4v) is 3.13. The van der Waals surface area contributed by atoms with Crippen LogP contribution in [0.25, 0.3) is 0 Å². The largest absolute Gasteiger partial charge is 0.466 e. The zero-order valence-electron chi connectivity index (χ0n) is 12.1. The van der Waals surface area contributed by atoms with Crippen LogP contribution in [-0.2, 0) is 14.9 Å². The second-order valence-corrected chi connectivity index (χ2v) is 6.35. The Hall–Kier alpha value is -1.38. The first-order valence-corrected chi connectivity index (χ1v) is 7.93. The second-order valence-electron chi connectivity index (χ2n) is 5.44. The minimum atomic E-state index is -0.420. The Kier molecular flexibility index (Phi) is 5.02. The van der Waals surface area contributed by atoms with E-state index in [1.807, 2.05) is 18.2 Å².